The number of nitrogens with one attached hydrogen (secondary N) is 1. The molecule has 0 spiro atoms. The summed E-state index contributed by atoms with van der Waals surface area (Å²) in [6, 6.07) is 14.4. The Bertz CT molecular complexity index is 963. The largest absolute Gasteiger partial charge is 0.497 e. The van der Waals surface area contributed by atoms with Crippen LogP contribution in [0.1, 0.15) is 16.7 Å². The van der Waals surface area contributed by atoms with Crippen molar-refractivity contribution in [3.05, 3.63) is 63.1 Å². The van der Waals surface area contributed by atoms with Crippen LogP contribution in [0.2, 0.25) is 0 Å². The molecule has 5 nitrogen and oxygen atoms in total. The second kappa shape index (κ2) is 8.65. The Morgan fingerprint density at radius 1 is 1.19 bits per heavy atom. The molecule has 0 aliphatic heterocycles. The van der Waals surface area contributed by atoms with Gasteiger partial charge in [-0.25, -0.2) is 4.68 Å². The van der Waals surface area contributed by atoms with Crippen molar-refractivity contribution in [2.75, 3.05) is 19.5 Å². The smallest absolute Gasteiger partial charge is 0.209 e. The van der Waals surface area contributed by atoms with Crippen molar-refractivity contribution in [3.8, 4) is 5.75 Å². The van der Waals surface area contributed by atoms with E-state index in [1.54, 1.807) is 7.11 Å². The van der Waals surface area contributed by atoms with Gasteiger partial charge in [0, 0.05) is 12.2 Å². The molecule has 0 aliphatic carbocycles. The number of ether oxygens (including phenoxy) is 1. The van der Waals surface area contributed by atoms with Crippen LogP contribution in [0.3, 0.4) is 0 Å². The summed E-state index contributed by atoms with van der Waals surface area (Å²) in [7, 11) is 3.73. The van der Waals surface area contributed by atoms with E-state index >= 15 is 0 Å². The molecule has 1 N–H and O–H groups in total. The quantitative estimate of drug-likeness (QED) is 0.557. The minimum Gasteiger partial charge on any atom is -0.497 e. The molecule has 0 saturated carbocycles. The molecule has 0 unspecified atom stereocenters. The Hall–Kier alpha value is -2.22. The van der Waals surface area contributed by atoms with Crippen LogP contribution in [0.25, 0.3) is 0 Å². The third kappa shape index (κ3) is 5.15. The number of anilines is 2. The van der Waals surface area contributed by atoms with Crippen molar-refractivity contribution in [1.82, 2.24) is 14.7 Å². The minimum absolute atomic E-state index is 0.635. The minimum atomic E-state index is 0.635. The summed E-state index contributed by atoms with van der Waals surface area (Å²) < 4.78 is 7.81. The lowest BCUT2D eigenvalue weighted by atomic mass is 10.1. The Morgan fingerprint density at radius 3 is 2.59 bits per heavy atom. The van der Waals surface area contributed by atoms with Crippen molar-refractivity contribution >= 4 is 34.4 Å². The van der Waals surface area contributed by atoms with Gasteiger partial charge in [0.15, 0.2) is 3.95 Å². The van der Waals surface area contributed by atoms with Gasteiger partial charge in [0.2, 0.25) is 5.13 Å². The Labute approximate surface area is 169 Å². The Morgan fingerprint density at radius 2 is 1.93 bits per heavy atom. The van der Waals surface area contributed by atoms with Gasteiger partial charge in [0.25, 0.3) is 0 Å². The van der Waals surface area contributed by atoms with Crippen LogP contribution < -0.4 is 10.1 Å². The molecule has 0 radical (unpaired) electrons. The Balaban J connectivity index is 1.65. The van der Waals surface area contributed by atoms with Gasteiger partial charge < -0.3 is 10.1 Å². The fourth-order valence-electron chi connectivity index (χ4n) is 2.84. The van der Waals surface area contributed by atoms with Gasteiger partial charge in [-0.15, -0.1) is 5.10 Å². The fraction of sp³-hybridized carbons (Fsp3) is 0.300. The third-order valence-corrected chi connectivity index (χ3v) is 5.44. The standard InChI is InChI=1S/C20H24N4OS2/c1-14-5-10-18(15(2)11-14)21-19-22-24(20(26)27-19)13-23(3)12-16-6-8-17(25-4)9-7-16/h5-11H,12-13H2,1-4H3,(H,21,22). The lowest BCUT2D eigenvalue weighted by Crippen LogP contribution is -2.22. The van der Waals surface area contributed by atoms with E-state index in [-0.39, 0.29) is 0 Å². The van der Waals surface area contributed by atoms with E-state index in [1.165, 1.54) is 28.0 Å². The van der Waals surface area contributed by atoms with Crippen molar-refractivity contribution < 1.29 is 4.74 Å². The first kappa shape index (κ1) is 19.5. The van der Waals surface area contributed by atoms with Crippen LogP contribution in [-0.4, -0.2) is 28.8 Å². The SMILES string of the molecule is COc1ccc(CN(C)Cn2nc(Nc3ccc(C)cc3C)sc2=S)cc1. The summed E-state index contributed by atoms with van der Waals surface area (Å²) in [5.74, 6) is 0.866. The third-order valence-electron chi connectivity index (χ3n) is 4.22. The second-order valence-electron chi connectivity index (χ2n) is 6.62. The zero-order valence-electron chi connectivity index (χ0n) is 16.0. The van der Waals surface area contributed by atoms with Gasteiger partial charge in [0.05, 0.1) is 13.8 Å². The van der Waals surface area contributed by atoms with E-state index in [0.717, 1.165) is 27.1 Å². The number of aromatic nitrogens is 2. The molecule has 27 heavy (non-hydrogen) atoms. The number of benzene rings is 2. The lowest BCUT2D eigenvalue weighted by Gasteiger charge is -2.16. The monoisotopic (exact) mass is 400 g/mol. The summed E-state index contributed by atoms with van der Waals surface area (Å²) in [5, 5.41) is 8.83. The lowest BCUT2D eigenvalue weighted by molar-refractivity contribution is 0.245. The average Bonchev–Trinajstić information content (AvgIpc) is 2.97. The molecule has 1 aromatic heterocycles. The first-order valence-electron chi connectivity index (χ1n) is 8.68. The maximum Gasteiger partial charge on any atom is 0.209 e. The molecule has 3 rings (SSSR count). The zero-order chi connectivity index (χ0) is 19.4. The van der Waals surface area contributed by atoms with E-state index in [2.05, 4.69) is 66.5 Å². The number of nitrogens with zero attached hydrogens (tertiary/aromatic N) is 3. The topological polar surface area (TPSA) is 42.3 Å². The highest BCUT2D eigenvalue weighted by molar-refractivity contribution is 7.73. The highest BCUT2D eigenvalue weighted by Gasteiger charge is 2.08. The van der Waals surface area contributed by atoms with Crippen LogP contribution in [0.15, 0.2) is 42.5 Å². The van der Waals surface area contributed by atoms with E-state index in [9.17, 15) is 0 Å². The molecule has 7 heteroatoms. The second-order valence-corrected chi connectivity index (χ2v) is 8.24. The molecule has 0 fully saturated rings. The van der Waals surface area contributed by atoms with Crippen molar-refractivity contribution in [2.24, 2.45) is 0 Å². The highest BCUT2D eigenvalue weighted by Crippen LogP contribution is 2.24. The number of aryl methyl sites for hydroxylation is 2. The van der Waals surface area contributed by atoms with E-state index < -0.39 is 0 Å². The number of rotatable bonds is 7. The molecule has 2 aromatic carbocycles. The summed E-state index contributed by atoms with van der Waals surface area (Å²) in [6.07, 6.45) is 0. The zero-order valence-corrected chi connectivity index (χ0v) is 17.7. The first-order chi connectivity index (χ1) is 12.9. The summed E-state index contributed by atoms with van der Waals surface area (Å²) in [6.45, 7) is 5.63. The maximum absolute atomic E-state index is 5.49. The van der Waals surface area contributed by atoms with Crippen molar-refractivity contribution in [2.45, 2.75) is 27.1 Å². The van der Waals surface area contributed by atoms with Gasteiger partial charge in [-0.1, -0.05) is 41.2 Å². The molecule has 1 heterocycles. The molecule has 0 bridgehead atoms. The number of hydrogen-bond donors (Lipinski definition) is 1. The Kier molecular flexibility index (Phi) is 6.26. The van der Waals surface area contributed by atoms with Gasteiger partial charge >= 0.3 is 0 Å². The summed E-state index contributed by atoms with van der Waals surface area (Å²) in [4.78, 5) is 2.18. The van der Waals surface area contributed by atoms with E-state index in [1.807, 2.05) is 16.8 Å². The van der Waals surface area contributed by atoms with Crippen LogP contribution in [0.4, 0.5) is 10.8 Å². The van der Waals surface area contributed by atoms with Crippen LogP contribution >= 0.6 is 23.6 Å². The van der Waals surface area contributed by atoms with E-state index in [0.29, 0.717) is 6.67 Å². The van der Waals surface area contributed by atoms with Crippen molar-refractivity contribution in [3.63, 3.8) is 0 Å². The molecule has 0 saturated heterocycles. The van der Waals surface area contributed by atoms with Crippen LogP contribution in [0.5, 0.6) is 5.75 Å². The van der Waals surface area contributed by atoms with Crippen LogP contribution in [0, 0.1) is 17.8 Å². The molecule has 0 aliphatic rings. The van der Waals surface area contributed by atoms with Crippen LogP contribution in [-0.2, 0) is 13.2 Å². The highest BCUT2D eigenvalue weighted by atomic mass is 32.1. The predicted octanol–water partition coefficient (Wildman–Crippen LogP) is 5.13. The molecule has 142 valence electrons. The number of methoxy groups -OCH3 is 1. The predicted molar refractivity (Wildman–Crippen MR) is 115 cm³/mol. The number of hydrogen-bond acceptors (Lipinski definition) is 6. The van der Waals surface area contributed by atoms with Gasteiger partial charge in [-0.05, 0) is 62.4 Å². The van der Waals surface area contributed by atoms with E-state index in [4.69, 9.17) is 17.0 Å². The van der Waals surface area contributed by atoms with Crippen molar-refractivity contribution in [1.29, 1.82) is 0 Å². The van der Waals surface area contributed by atoms with Gasteiger partial charge in [-0.3, -0.25) is 4.90 Å². The first-order valence-corrected chi connectivity index (χ1v) is 9.91. The molecule has 0 amide bonds. The van der Waals surface area contributed by atoms with Gasteiger partial charge in [0.1, 0.15) is 5.75 Å². The molecule has 0 atom stereocenters. The molecular formula is C20H24N4OS2. The van der Waals surface area contributed by atoms with Gasteiger partial charge in [-0.2, -0.15) is 0 Å². The molecule has 3 aromatic rings. The molecular weight excluding hydrogens is 376 g/mol. The normalized spacial score (nSPS) is 11.0. The maximum atomic E-state index is 5.49. The fourth-order valence-corrected chi connectivity index (χ4v) is 3.84. The summed E-state index contributed by atoms with van der Waals surface area (Å²) in [5.41, 5.74) is 4.72. The average molecular weight is 401 g/mol. The summed E-state index contributed by atoms with van der Waals surface area (Å²) >= 11 is 6.98.